The average Bonchev–Trinajstić information content (AvgIpc) is 2.73. The van der Waals surface area contributed by atoms with Gasteiger partial charge >= 0.3 is 6.09 Å². The van der Waals surface area contributed by atoms with Gasteiger partial charge in [-0.15, -0.1) is 0 Å². The molecule has 0 spiro atoms. The first kappa shape index (κ1) is 28.3. The van der Waals surface area contributed by atoms with Crippen LogP contribution in [0.1, 0.15) is 83.9 Å². The van der Waals surface area contributed by atoms with Crippen LogP contribution >= 0.6 is 0 Å². The van der Waals surface area contributed by atoms with Gasteiger partial charge in [0.2, 0.25) is 11.8 Å². The lowest BCUT2D eigenvalue weighted by atomic mass is 9.99. The third-order valence-electron chi connectivity index (χ3n) is 5.06. The first-order valence-corrected chi connectivity index (χ1v) is 11.8. The van der Waals surface area contributed by atoms with Crippen LogP contribution in [0.3, 0.4) is 0 Å². The number of benzene rings is 1. The van der Waals surface area contributed by atoms with E-state index in [1.165, 1.54) is 4.90 Å². The van der Waals surface area contributed by atoms with E-state index in [4.69, 9.17) is 4.74 Å². The number of phenolic OH excluding ortho intramolecular Hbond substituents is 1. The summed E-state index contributed by atoms with van der Waals surface area (Å²) < 4.78 is 5.22. The Labute approximate surface area is 198 Å². The summed E-state index contributed by atoms with van der Waals surface area (Å²) in [6.07, 6.45) is 3.54. The van der Waals surface area contributed by atoms with Crippen molar-refractivity contribution < 1.29 is 24.2 Å². The number of nitrogens with one attached hydrogen (secondary N) is 2. The molecule has 0 aromatic heterocycles. The van der Waals surface area contributed by atoms with Crippen LogP contribution in [0.5, 0.6) is 5.75 Å². The van der Waals surface area contributed by atoms with E-state index < -0.39 is 23.6 Å². The summed E-state index contributed by atoms with van der Waals surface area (Å²) in [5.41, 5.74) is 0.293. The number of para-hydroxylation sites is 1. The molecule has 8 heteroatoms. The van der Waals surface area contributed by atoms with Crippen molar-refractivity contribution in [3.05, 3.63) is 29.3 Å². The second-order valence-electron chi connectivity index (χ2n) is 9.21. The Morgan fingerprint density at radius 3 is 2.33 bits per heavy atom. The molecule has 0 saturated carbocycles. The molecule has 0 heterocycles. The molecule has 0 aliphatic carbocycles. The van der Waals surface area contributed by atoms with Crippen LogP contribution in [0.2, 0.25) is 0 Å². The van der Waals surface area contributed by atoms with E-state index in [0.717, 1.165) is 25.7 Å². The highest BCUT2D eigenvalue weighted by atomic mass is 16.6. The topological polar surface area (TPSA) is 108 Å². The minimum Gasteiger partial charge on any atom is -0.507 e. The fourth-order valence-corrected chi connectivity index (χ4v) is 3.33. The Bertz CT molecular complexity index is 789. The van der Waals surface area contributed by atoms with Gasteiger partial charge in [0, 0.05) is 18.7 Å². The van der Waals surface area contributed by atoms with E-state index in [1.807, 2.05) is 6.92 Å². The number of carbonyl (C=O) groups is 3. The molecule has 1 rings (SSSR count). The monoisotopic (exact) mass is 463 g/mol. The van der Waals surface area contributed by atoms with Gasteiger partial charge in [-0.25, -0.2) is 4.79 Å². The van der Waals surface area contributed by atoms with Gasteiger partial charge in [0.25, 0.3) is 0 Å². The number of ether oxygens (including phenoxy) is 1. The highest BCUT2D eigenvalue weighted by molar-refractivity contribution is 5.91. The van der Waals surface area contributed by atoms with Crippen molar-refractivity contribution >= 4 is 17.9 Å². The number of alkyl carbamates (subject to hydrolysis) is 1. The van der Waals surface area contributed by atoms with E-state index in [1.54, 1.807) is 45.9 Å². The summed E-state index contributed by atoms with van der Waals surface area (Å²) in [6, 6.07) is 4.16. The van der Waals surface area contributed by atoms with Crippen LogP contribution in [0.4, 0.5) is 4.79 Å². The number of carbonyl (C=O) groups excluding carboxylic acids is 3. The van der Waals surface area contributed by atoms with E-state index >= 15 is 0 Å². The Kier molecular flexibility index (Phi) is 11.7. The molecule has 3 amide bonds. The molecule has 1 aromatic rings. The number of phenols is 1. The van der Waals surface area contributed by atoms with Gasteiger partial charge in [-0.2, -0.15) is 0 Å². The minimum atomic E-state index is -1.01. The summed E-state index contributed by atoms with van der Waals surface area (Å²) in [7, 11) is 0. The molecule has 0 radical (unpaired) electrons. The quantitative estimate of drug-likeness (QED) is 0.403. The van der Waals surface area contributed by atoms with Crippen LogP contribution in [0.15, 0.2) is 18.2 Å². The summed E-state index contributed by atoms with van der Waals surface area (Å²) in [4.78, 5) is 40.0. The number of hydrogen-bond acceptors (Lipinski definition) is 5. The average molecular weight is 464 g/mol. The number of nitrogens with zero attached hydrogens (tertiary/aromatic N) is 1. The number of rotatable bonds is 12. The smallest absolute Gasteiger partial charge is 0.408 e. The maximum absolute atomic E-state index is 13.3. The largest absolute Gasteiger partial charge is 0.507 e. The molecule has 0 fully saturated rings. The van der Waals surface area contributed by atoms with Crippen molar-refractivity contribution in [3.8, 4) is 5.75 Å². The molecule has 1 unspecified atom stereocenters. The first-order chi connectivity index (χ1) is 15.5. The summed E-state index contributed by atoms with van der Waals surface area (Å²) in [5.74, 6) is -0.790. The molecular weight excluding hydrogens is 422 g/mol. The number of aromatic hydroxyl groups is 1. The van der Waals surface area contributed by atoms with Crippen molar-refractivity contribution in [2.75, 3.05) is 19.6 Å². The summed E-state index contributed by atoms with van der Waals surface area (Å²) in [6.45, 7) is 11.5. The zero-order chi connectivity index (χ0) is 25.0. The Hall–Kier alpha value is -2.77. The van der Waals surface area contributed by atoms with Gasteiger partial charge in [0.05, 0.1) is 0 Å². The van der Waals surface area contributed by atoms with Crippen LogP contribution in [0.25, 0.3) is 0 Å². The fraction of sp³-hybridized carbons (Fsp3) is 0.640. The zero-order valence-corrected chi connectivity index (χ0v) is 21.0. The number of aryl methyl sites for hydroxylation is 1. The molecule has 0 aliphatic heterocycles. The van der Waals surface area contributed by atoms with E-state index in [0.29, 0.717) is 30.6 Å². The van der Waals surface area contributed by atoms with Crippen molar-refractivity contribution in [2.45, 2.75) is 85.3 Å². The van der Waals surface area contributed by atoms with Crippen LogP contribution in [-0.2, 0) is 14.3 Å². The number of unbranched alkanes of at least 4 members (excludes halogenated alkanes) is 3. The highest BCUT2D eigenvalue weighted by Gasteiger charge is 2.33. The standard InChI is InChI=1S/C25H41N3O5/c1-7-9-11-16-28(20(29)17-27-24(32)33-25(4,5)6)21(23(31)26-15-10-8-2)19-14-12-13-18(3)22(19)30/h12-14,21,30H,7-11,15-17H2,1-6H3,(H,26,31)(H,27,32). The lowest BCUT2D eigenvalue weighted by Gasteiger charge is -2.32. The Morgan fingerprint density at radius 2 is 1.73 bits per heavy atom. The normalized spacial score (nSPS) is 12.1. The number of hydrogen-bond donors (Lipinski definition) is 3. The van der Waals surface area contributed by atoms with Gasteiger partial charge in [-0.3, -0.25) is 9.59 Å². The SMILES string of the molecule is CCCCCN(C(=O)CNC(=O)OC(C)(C)C)C(C(=O)NCCCC)c1cccc(C)c1O. The lowest BCUT2D eigenvalue weighted by Crippen LogP contribution is -2.48. The van der Waals surface area contributed by atoms with Gasteiger partial charge in [0.15, 0.2) is 0 Å². The molecule has 8 nitrogen and oxygen atoms in total. The van der Waals surface area contributed by atoms with Crippen LogP contribution in [0, 0.1) is 6.92 Å². The second kappa shape index (κ2) is 13.7. The van der Waals surface area contributed by atoms with E-state index in [2.05, 4.69) is 17.6 Å². The molecule has 0 saturated heterocycles. The highest BCUT2D eigenvalue weighted by Crippen LogP contribution is 2.32. The molecule has 186 valence electrons. The van der Waals surface area contributed by atoms with Crippen molar-refractivity contribution in [1.82, 2.24) is 15.5 Å². The third kappa shape index (κ3) is 9.72. The van der Waals surface area contributed by atoms with Crippen LogP contribution < -0.4 is 10.6 Å². The predicted octanol–water partition coefficient (Wildman–Crippen LogP) is 4.20. The molecule has 0 bridgehead atoms. The van der Waals surface area contributed by atoms with E-state index in [9.17, 15) is 19.5 Å². The Balaban J connectivity index is 3.23. The molecule has 3 N–H and O–H groups in total. The van der Waals surface area contributed by atoms with Gasteiger partial charge in [0.1, 0.15) is 23.9 Å². The van der Waals surface area contributed by atoms with Crippen molar-refractivity contribution in [3.63, 3.8) is 0 Å². The fourth-order valence-electron chi connectivity index (χ4n) is 3.33. The van der Waals surface area contributed by atoms with Gasteiger partial charge in [-0.05, 0) is 46.1 Å². The minimum absolute atomic E-state index is 0.0125. The Morgan fingerprint density at radius 1 is 1.06 bits per heavy atom. The van der Waals surface area contributed by atoms with Crippen molar-refractivity contribution in [2.24, 2.45) is 0 Å². The first-order valence-electron chi connectivity index (χ1n) is 11.8. The third-order valence-corrected chi connectivity index (χ3v) is 5.06. The maximum Gasteiger partial charge on any atom is 0.408 e. The second-order valence-corrected chi connectivity index (χ2v) is 9.21. The zero-order valence-electron chi connectivity index (χ0n) is 21.0. The number of amides is 3. The maximum atomic E-state index is 13.3. The molecule has 0 aliphatic rings. The molecule has 1 atom stereocenters. The predicted molar refractivity (Wildman–Crippen MR) is 129 cm³/mol. The summed E-state index contributed by atoms with van der Waals surface area (Å²) in [5, 5.41) is 16.1. The van der Waals surface area contributed by atoms with E-state index in [-0.39, 0.29) is 18.2 Å². The molecule has 33 heavy (non-hydrogen) atoms. The lowest BCUT2D eigenvalue weighted by molar-refractivity contribution is -0.140. The molecular formula is C25H41N3O5. The molecule has 1 aromatic carbocycles. The van der Waals surface area contributed by atoms with Crippen molar-refractivity contribution in [1.29, 1.82) is 0 Å². The summed E-state index contributed by atoms with van der Waals surface area (Å²) >= 11 is 0. The van der Waals surface area contributed by atoms with Gasteiger partial charge in [-0.1, -0.05) is 51.3 Å². The van der Waals surface area contributed by atoms with Crippen LogP contribution in [-0.4, -0.2) is 53.1 Å². The van der Waals surface area contributed by atoms with Gasteiger partial charge < -0.3 is 25.4 Å².